The van der Waals surface area contributed by atoms with Crippen molar-refractivity contribution in [3.63, 3.8) is 0 Å². The number of benzene rings is 1. The largest absolute Gasteiger partial charge is 0.491 e. The van der Waals surface area contributed by atoms with Crippen LogP contribution in [0.25, 0.3) is 0 Å². The van der Waals surface area contributed by atoms with Crippen molar-refractivity contribution in [1.29, 1.82) is 0 Å². The van der Waals surface area contributed by atoms with E-state index in [4.69, 9.17) is 16.3 Å². The molecule has 1 rings (SSSR count). The molecule has 0 bridgehead atoms. The third-order valence-electron chi connectivity index (χ3n) is 3.16. The highest BCUT2D eigenvalue weighted by atomic mass is 35.5. The second-order valence-corrected chi connectivity index (χ2v) is 5.32. The Bertz CT molecular complexity index is 368. The SMILES string of the molecule is CCCCC(CC)Nc1cc(Cl)ccc1OCCC. The van der Waals surface area contributed by atoms with E-state index in [0.717, 1.165) is 35.9 Å². The molecule has 1 atom stereocenters. The molecular formula is C16H26ClNO. The summed E-state index contributed by atoms with van der Waals surface area (Å²) in [6, 6.07) is 6.28. The summed E-state index contributed by atoms with van der Waals surface area (Å²) in [7, 11) is 0. The molecule has 1 aromatic rings. The lowest BCUT2D eigenvalue weighted by Gasteiger charge is -2.20. The lowest BCUT2D eigenvalue weighted by atomic mass is 10.1. The van der Waals surface area contributed by atoms with Gasteiger partial charge in [-0.3, -0.25) is 0 Å². The van der Waals surface area contributed by atoms with Crippen LogP contribution >= 0.6 is 11.6 Å². The lowest BCUT2D eigenvalue weighted by molar-refractivity contribution is 0.318. The Morgan fingerprint density at radius 2 is 2.00 bits per heavy atom. The van der Waals surface area contributed by atoms with Crippen LogP contribution < -0.4 is 10.1 Å². The van der Waals surface area contributed by atoms with E-state index in [2.05, 4.69) is 26.1 Å². The molecule has 2 nitrogen and oxygen atoms in total. The lowest BCUT2D eigenvalue weighted by Crippen LogP contribution is -2.18. The van der Waals surface area contributed by atoms with Gasteiger partial charge in [0.2, 0.25) is 0 Å². The van der Waals surface area contributed by atoms with E-state index in [1.807, 2.05) is 18.2 Å². The van der Waals surface area contributed by atoms with Crippen molar-refractivity contribution in [2.24, 2.45) is 0 Å². The van der Waals surface area contributed by atoms with Crippen LogP contribution in [-0.4, -0.2) is 12.6 Å². The minimum absolute atomic E-state index is 0.488. The van der Waals surface area contributed by atoms with Gasteiger partial charge in [0.15, 0.2) is 0 Å². The van der Waals surface area contributed by atoms with Gasteiger partial charge in [0.05, 0.1) is 12.3 Å². The van der Waals surface area contributed by atoms with Crippen LogP contribution in [0.3, 0.4) is 0 Å². The maximum atomic E-state index is 6.09. The number of hydrogen-bond donors (Lipinski definition) is 1. The summed E-state index contributed by atoms with van der Waals surface area (Å²) in [5.74, 6) is 0.904. The molecule has 19 heavy (non-hydrogen) atoms. The molecule has 0 heterocycles. The van der Waals surface area contributed by atoms with E-state index in [1.165, 1.54) is 19.3 Å². The molecule has 3 heteroatoms. The summed E-state index contributed by atoms with van der Waals surface area (Å²) in [4.78, 5) is 0. The molecule has 0 aromatic heterocycles. The fourth-order valence-electron chi connectivity index (χ4n) is 2.00. The average molecular weight is 284 g/mol. The minimum Gasteiger partial charge on any atom is -0.491 e. The first-order chi connectivity index (χ1) is 9.21. The zero-order valence-electron chi connectivity index (χ0n) is 12.3. The molecule has 1 N–H and O–H groups in total. The molecule has 0 aliphatic rings. The summed E-state index contributed by atoms with van der Waals surface area (Å²) in [6.07, 6.45) is 5.78. The van der Waals surface area contributed by atoms with Crippen LogP contribution in [0.4, 0.5) is 5.69 Å². The van der Waals surface area contributed by atoms with E-state index >= 15 is 0 Å². The third kappa shape index (κ3) is 5.73. The Labute approximate surface area is 122 Å². The summed E-state index contributed by atoms with van der Waals surface area (Å²) in [5.41, 5.74) is 1.02. The van der Waals surface area contributed by atoms with Crippen LogP contribution in [0.15, 0.2) is 18.2 Å². The van der Waals surface area contributed by atoms with Crippen molar-refractivity contribution in [3.8, 4) is 5.75 Å². The zero-order valence-corrected chi connectivity index (χ0v) is 13.1. The van der Waals surface area contributed by atoms with Crippen molar-refractivity contribution >= 4 is 17.3 Å². The van der Waals surface area contributed by atoms with E-state index in [-0.39, 0.29) is 0 Å². The van der Waals surface area contributed by atoms with Crippen LogP contribution in [0, 0.1) is 0 Å². The molecule has 0 radical (unpaired) electrons. The molecule has 0 saturated carbocycles. The normalized spacial score (nSPS) is 12.2. The van der Waals surface area contributed by atoms with Crippen molar-refractivity contribution in [1.82, 2.24) is 0 Å². The van der Waals surface area contributed by atoms with Crippen molar-refractivity contribution in [2.45, 2.75) is 58.9 Å². The first-order valence-electron chi connectivity index (χ1n) is 7.40. The number of hydrogen-bond acceptors (Lipinski definition) is 2. The quantitative estimate of drug-likeness (QED) is 0.645. The average Bonchev–Trinajstić information content (AvgIpc) is 2.42. The molecule has 0 amide bonds. The molecule has 0 aliphatic heterocycles. The summed E-state index contributed by atoms with van der Waals surface area (Å²) < 4.78 is 5.77. The highest BCUT2D eigenvalue weighted by Gasteiger charge is 2.10. The van der Waals surface area contributed by atoms with Gasteiger partial charge >= 0.3 is 0 Å². The van der Waals surface area contributed by atoms with Crippen LogP contribution in [-0.2, 0) is 0 Å². The highest BCUT2D eigenvalue weighted by Crippen LogP contribution is 2.29. The summed E-state index contributed by atoms with van der Waals surface area (Å²) >= 11 is 6.09. The molecule has 0 saturated heterocycles. The summed E-state index contributed by atoms with van der Waals surface area (Å²) in [6.45, 7) is 7.29. The van der Waals surface area contributed by atoms with Gasteiger partial charge in [-0.25, -0.2) is 0 Å². The Morgan fingerprint density at radius 3 is 2.63 bits per heavy atom. The topological polar surface area (TPSA) is 21.3 Å². The predicted octanol–water partition coefficient (Wildman–Crippen LogP) is 5.51. The smallest absolute Gasteiger partial charge is 0.142 e. The highest BCUT2D eigenvalue weighted by molar-refractivity contribution is 6.30. The van der Waals surface area contributed by atoms with Crippen LogP contribution in [0.2, 0.25) is 5.02 Å². The van der Waals surface area contributed by atoms with Gasteiger partial charge in [-0.2, -0.15) is 0 Å². The van der Waals surface area contributed by atoms with Crippen molar-refractivity contribution in [2.75, 3.05) is 11.9 Å². The maximum absolute atomic E-state index is 6.09. The van der Waals surface area contributed by atoms with E-state index in [0.29, 0.717) is 6.04 Å². The number of halogens is 1. The fourth-order valence-corrected chi connectivity index (χ4v) is 2.17. The second kappa shape index (κ2) is 9.08. The minimum atomic E-state index is 0.488. The van der Waals surface area contributed by atoms with Gasteiger partial charge in [0, 0.05) is 11.1 Å². The standard InChI is InChI=1S/C16H26ClNO/c1-4-7-8-14(6-3)18-15-12-13(17)9-10-16(15)19-11-5-2/h9-10,12,14,18H,4-8,11H2,1-3H3. The molecule has 0 fully saturated rings. The number of nitrogens with one attached hydrogen (secondary N) is 1. The molecular weight excluding hydrogens is 258 g/mol. The Hall–Kier alpha value is -0.890. The third-order valence-corrected chi connectivity index (χ3v) is 3.40. The number of rotatable bonds is 9. The number of ether oxygens (including phenoxy) is 1. The van der Waals surface area contributed by atoms with E-state index < -0.39 is 0 Å². The van der Waals surface area contributed by atoms with Crippen LogP contribution in [0.1, 0.15) is 52.9 Å². The Morgan fingerprint density at radius 1 is 1.21 bits per heavy atom. The summed E-state index contributed by atoms with van der Waals surface area (Å²) in [5, 5.41) is 4.32. The van der Waals surface area contributed by atoms with Gasteiger partial charge in [-0.15, -0.1) is 0 Å². The van der Waals surface area contributed by atoms with Gasteiger partial charge < -0.3 is 10.1 Å². The first-order valence-corrected chi connectivity index (χ1v) is 7.77. The molecule has 0 aliphatic carbocycles. The predicted molar refractivity (Wildman–Crippen MR) is 84.5 cm³/mol. The molecule has 1 aromatic carbocycles. The Kier molecular flexibility index (Phi) is 7.73. The number of anilines is 1. The fraction of sp³-hybridized carbons (Fsp3) is 0.625. The van der Waals surface area contributed by atoms with Crippen molar-refractivity contribution in [3.05, 3.63) is 23.2 Å². The van der Waals surface area contributed by atoms with Gasteiger partial charge in [-0.05, 0) is 37.5 Å². The molecule has 1 unspecified atom stereocenters. The van der Waals surface area contributed by atoms with Crippen molar-refractivity contribution < 1.29 is 4.74 Å². The van der Waals surface area contributed by atoms with Gasteiger partial charge in [0.25, 0.3) is 0 Å². The number of unbranched alkanes of at least 4 members (excludes halogenated alkanes) is 1. The maximum Gasteiger partial charge on any atom is 0.142 e. The Balaban J connectivity index is 2.75. The molecule has 0 spiro atoms. The second-order valence-electron chi connectivity index (χ2n) is 4.88. The van der Waals surface area contributed by atoms with E-state index in [1.54, 1.807) is 0 Å². The first kappa shape index (κ1) is 16.2. The van der Waals surface area contributed by atoms with Gasteiger partial charge in [-0.1, -0.05) is 45.2 Å². The van der Waals surface area contributed by atoms with Crippen LogP contribution in [0.5, 0.6) is 5.75 Å². The van der Waals surface area contributed by atoms with Gasteiger partial charge in [0.1, 0.15) is 5.75 Å². The molecule has 108 valence electrons. The zero-order chi connectivity index (χ0) is 14.1. The van der Waals surface area contributed by atoms with E-state index in [9.17, 15) is 0 Å². The monoisotopic (exact) mass is 283 g/mol.